The Morgan fingerprint density at radius 2 is 1.63 bits per heavy atom. The summed E-state index contributed by atoms with van der Waals surface area (Å²) in [5.41, 5.74) is 1.68. The van der Waals surface area contributed by atoms with E-state index in [1.54, 1.807) is 23.9 Å². The molecule has 0 aliphatic heterocycles. The minimum atomic E-state index is -0.123. The minimum absolute atomic E-state index is 0.108. The number of hydrogen-bond acceptors (Lipinski definition) is 4. The van der Waals surface area contributed by atoms with E-state index in [0.29, 0.717) is 18.8 Å². The quantitative estimate of drug-likeness (QED) is 0.353. The summed E-state index contributed by atoms with van der Waals surface area (Å²) in [6.07, 6.45) is 0. The van der Waals surface area contributed by atoms with Gasteiger partial charge in [-0.25, -0.2) is 0 Å². The molecule has 0 aliphatic rings. The number of carbonyl (C=O) groups excluding carboxylic acids is 1. The molecule has 0 bridgehead atoms. The van der Waals surface area contributed by atoms with Gasteiger partial charge in [0, 0.05) is 16.2 Å². The number of nitrogens with one attached hydrogen (secondary N) is 1. The van der Waals surface area contributed by atoms with Crippen LogP contribution >= 0.6 is 11.8 Å². The third kappa shape index (κ3) is 6.85. The van der Waals surface area contributed by atoms with Crippen LogP contribution in [-0.4, -0.2) is 30.9 Å². The van der Waals surface area contributed by atoms with Crippen molar-refractivity contribution in [1.82, 2.24) is 5.32 Å². The van der Waals surface area contributed by atoms with E-state index in [2.05, 4.69) is 17.4 Å². The molecule has 0 saturated heterocycles. The monoisotopic (exact) mass is 421 g/mol. The smallest absolute Gasteiger partial charge is 0.251 e. The van der Waals surface area contributed by atoms with Crippen LogP contribution in [0.5, 0.6) is 11.5 Å². The average molecular weight is 422 g/mol. The lowest BCUT2D eigenvalue weighted by Gasteiger charge is -2.16. The van der Waals surface area contributed by atoms with Crippen LogP contribution in [0.2, 0.25) is 0 Å². The summed E-state index contributed by atoms with van der Waals surface area (Å²) in [7, 11) is 0. The Bertz CT molecular complexity index is 929. The van der Waals surface area contributed by atoms with Gasteiger partial charge in [0.15, 0.2) is 0 Å². The van der Waals surface area contributed by atoms with Crippen molar-refractivity contribution in [2.75, 3.05) is 19.0 Å². The molecule has 0 heterocycles. The van der Waals surface area contributed by atoms with Gasteiger partial charge >= 0.3 is 0 Å². The molecule has 0 unspecified atom stereocenters. The molecule has 3 aromatic rings. The standard InChI is InChI=1S/C25H27NO3S/c1-19-8-6-7-11-24(19)29-18-20(2)26-25(27)21-12-14-22(15-13-21)28-16-17-30-23-9-4-3-5-10-23/h3-15,20H,16-18H2,1-2H3,(H,26,27)/t20-/m0/s1. The SMILES string of the molecule is Cc1ccccc1OC[C@H](C)NC(=O)c1ccc(OCCSc2ccccc2)cc1. The second kappa shape index (κ2) is 11.3. The molecule has 1 atom stereocenters. The fourth-order valence-corrected chi connectivity index (χ4v) is 3.57. The predicted molar refractivity (Wildman–Crippen MR) is 123 cm³/mol. The first-order valence-electron chi connectivity index (χ1n) is 10.0. The molecule has 1 N–H and O–H groups in total. The molecule has 5 heteroatoms. The van der Waals surface area contributed by atoms with E-state index in [1.165, 1.54) is 4.90 Å². The Morgan fingerprint density at radius 1 is 0.933 bits per heavy atom. The summed E-state index contributed by atoms with van der Waals surface area (Å²) in [6.45, 7) is 4.95. The molecular weight excluding hydrogens is 394 g/mol. The lowest BCUT2D eigenvalue weighted by atomic mass is 10.2. The molecule has 0 saturated carbocycles. The molecule has 0 spiro atoms. The molecule has 0 radical (unpaired) electrons. The second-order valence-electron chi connectivity index (χ2n) is 6.99. The second-order valence-corrected chi connectivity index (χ2v) is 8.15. The van der Waals surface area contributed by atoms with Crippen molar-refractivity contribution < 1.29 is 14.3 Å². The molecule has 0 aliphatic carbocycles. The summed E-state index contributed by atoms with van der Waals surface area (Å²) in [5.74, 6) is 2.34. The van der Waals surface area contributed by atoms with Crippen molar-refractivity contribution in [3.63, 3.8) is 0 Å². The summed E-state index contributed by atoms with van der Waals surface area (Å²) in [6, 6.07) is 25.2. The Kier molecular flexibility index (Phi) is 8.21. The van der Waals surface area contributed by atoms with Gasteiger partial charge in [0.1, 0.15) is 18.1 Å². The number of aryl methyl sites for hydroxylation is 1. The third-order valence-corrected chi connectivity index (χ3v) is 5.42. The van der Waals surface area contributed by atoms with Gasteiger partial charge in [-0.05, 0) is 61.9 Å². The van der Waals surface area contributed by atoms with Gasteiger partial charge in [-0.2, -0.15) is 0 Å². The van der Waals surface area contributed by atoms with E-state index < -0.39 is 0 Å². The fourth-order valence-electron chi connectivity index (χ4n) is 2.82. The maximum absolute atomic E-state index is 12.5. The summed E-state index contributed by atoms with van der Waals surface area (Å²) >= 11 is 1.76. The molecule has 4 nitrogen and oxygen atoms in total. The van der Waals surface area contributed by atoms with Crippen LogP contribution in [0.1, 0.15) is 22.8 Å². The summed E-state index contributed by atoms with van der Waals surface area (Å²) in [4.78, 5) is 13.7. The largest absolute Gasteiger partial charge is 0.493 e. The summed E-state index contributed by atoms with van der Waals surface area (Å²) < 4.78 is 11.6. The lowest BCUT2D eigenvalue weighted by molar-refractivity contribution is 0.0926. The van der Waals surface area contributed by atoms with E-state index in [0.717, 1.165) is 22.8 Å². The fraction of sp³-hybridized carbons (Fsp3) is 0.240. The number of benzene rings is 3. The number of carbonyl (C=O) groups is 1. The van der Waals surface area contributed by atoms with Crippen LogP contribution in [0.25, 0.3) is 0 Å². The minimum Gasteiger partial charge on any atom is -0.493 e. The van der Waals surface area contributed by atoms with Crippen LogP contribution in [0.3, 0.4) is 0 Å². The first-order valence-corrected chi connectivity index (χ1v) is 11.0. The molecule has 30 heavy (non-hydrogen) atoms. The van der Waals surface area contributed by atoms with Crippen molar-refractivity contribution in [2.24, 2.45) is 0 Å². The first kappa shape index (κ1) is 21.8. The average Bonchev–Trinajstić information content (AvgIpc) is 2.77. The molecule has 156 valence electrons. The molecule has 1 amide bonds. The van der Waals surface area contributed by atoms with Gasteiger partial charge in [-0.3, -0.25) is 4.79 Å². The van der Waals surface area contributed by atoms with Crippen LogP contribution in [0.4, 0.5) is 0 Å². The number of hydrogen-bond donors (Lipinski definition) is 1. The van der Waals surface area contributed by atoms with E-state index >= 15 is 0 Å². The highest BCUT2D eigenvalue weighted by molar-refractivity contribution is 7.99. The number of amides is 1. The number of rotatable bonds is 10. The van der Waals surface area contributed by atoms with E-state index in [9.17, 15) is 4.79 Å². The number of ether oxygens (including phenoxy) is 2. The van der Waals surface area contributed by atoms with E-state index in [1.807, 2.05) is 68.4 Å². The lowest BCUT2D eigenvalue weighted by Crippen LogP contribution is -2.36. The molecule has 0 fully saturated rings. The van der Waals surface area contributed by atoms with Gasteiger partial charge in [0.25, 0.3) is 5.91 Å². The zero-order valence-corrected chi connectivity index (χ0v) is 18.2. The van der Waals surface area contributed by atoms with Gasteiger partial charge in [-0.15, -0.1) is 11.8 Å². The third-order valence-electron chi connectivity index (χ3n) is 4.44. The highest BCUT2D eigenvalue weighted by atomic mass is 32.2. The number of thioether (sulfide) groups is 1. The topological polar surface area (TPSA) is 47.6 Å². The zero-order valence-electron chi connectivity index (χ0n) is 17.3. The highest BCUT2D eigenvalue weighted by Gasteiger charge is 2.11. The predicted octanol–water partition coefficient (Wildman–Crippen LogP) is 5.36. The van der Waals surface area contributed by atoms with Crippen LogP contribution < -0.4 is 14.8 Å². The summed E-state index contributed by atoms with van der Waals surface area (Å²) in [5, 5.41) is 2.97. The van der Waals surface area contributed by atoms with Crippen LogP contribution in [-0.2, 0) is 0 Å². The van der Waals surface area contributed by atoms with Gasteiger partial charge in [-0.1, -0.05) is 36.4 Å². The van der Waals surface area contributed by atoms with Gasteiger partial charge < -0.3 is 14.8 Å². The van der Waals surface area contributed by atoms with Gasteiger partial charge in [0.2, 0.25) is 0 Å². The normalized spacial score (nSPS) is 11.5. The van der Waals surface area contributed by atoms with Crippen LogP contribution in [0, 0.1) is 6.92 Å². The van der Waals surface area contributed by atoms with Crippen molar-refractivity contribution in [3.05, 3.63) is 90.0 Å². The van der Waals surface area contributed by atoms with Crippen molar-refractivity contribution in [1.29, 1.82) is 0 Å². The van der Waals surface area contributed by atoms with Crippen molar-refractivity contribution in [3.8, 4) is 11.5 Å². The maximum Gasteiger partial charge on any atom is 0.251 e. The first-order chi connectivity index (χ1) is 14.6. The highest BCUT2D eigenvalue weighted by Crippen LogP contribution is 2.18. The maximum atomic E-state index is 12.5. The zero-order chi connectivity index (χ0) is 21.2. The molecular formula is C25H27NO3S. The Morgan fingerprint density at radius 3 is 2.37 bits per heavy atom. The van der Waals surface area contributed by atoms with Gasteiger partial charge in [0.05, 0.1) is 12.6 Å². The molecule has 3 aromatic carbocycles. The van der Waals surface area contributed by atoms with Crippen molar-refractivity contribution in [2.45, 2.75) is 24.8 Å². The van der Waals surface area contributed by atoms with Crippen LogP contribution in [0.15, 0.2) is 83.8 Å². The van der Waals surface area contributed by atoms with E-state index in [4.69, 9.17) is 9.47 Å². The van der Waals surface area contributed by atoms with E-state index in [-0.39, 0.29) is 11.9 Å². The Labute approximate surface area is 182 Å². The Balaban J connectivity index is 1.40. The molecule has 3 rings (SSSR count). The number of para-hydroxylation sites is 1. The Hall–Kier alpha value is -2.92. The molecule has 0 aromatic heterocycles. The van der Waals surface area contributed by atoms with Crippen molar-refractivity contribution >= 4 is 17.7 Å².